The molecule has 118 valence electrons. The summed E-state index contributed by atoms with van der Waals surface area (Å²) in [6.07, 6.45) is 0. The minimum atomic E-state index is -0.319. The number of anilines is 1. The minimum absolute atomic E-state index is 0.137. The molecule has 2 amide bonds. The van der Waals surface area contributed by atoms with Gasteiger partial charge >= 0.3 is 6.03 Å². The number of urea groups is 1. The summed E-state index contributed by atoms with van der Waals surface area (Å²) in [5.41, 5.74) is 0.567. The molecule has 1 heterocycles. The van der Waals surface area contributed by atoms with E-state index in [0.29, 0.717) is 21.5 Å². The highest BCUT2D eigenvalue weighted by Crippen LogP contribution is 2.29. The van der Waals surface area contributed by atoms with Gasteiger partial charge in [0.2, 0.25) is 0 Å². The molecule has 0 aliphatic rings. The Morgan fingerprint density at radius 2 is 2.00 bits per heavy atom. The molecule has 2 aromatic rings. The number of methoxy groups -OCH3 is 2. The van der Waals surface area contributed by atoms with Crippen LogP contribution in [0.4, 0.5) is 10.5 Å². The van der Waals surface area contributed by atoms with E-state index in [1.54, 1.807) is 25.3 Å². The Labute approximate surface area is 138 Å². The van der Waals surface area contributed by atoms with Gasteiger partial charge in [-0.25, -0.2) is 4.79 Å². The molecule has 0 saturated heterocycles. The van der Waals surface area contributed by atoms with Gasteiger partial charge in [-0.05, 0) is 31.2 Å². The maximum absolute atomic E-state index is 12.1. The van der Waals surface area contributed by atoms with Crippen molar-refractivity contribution in [1.29, 1.82) is 0 Å². The van der Waals surface area contributed by atoms with E-state index in [-0.39, 0.29) is 12.1 Å². The first-order valence-electron chi connectivity index (χ1n) is 6.58. The largest absolute Gasteiger partial charge is 0.497 e. The van der Waals surface area contributed by atoms with E-state index in [1.165, 1.54) is 18.4 Å². The van der Waals surface area contributed by atoms with Crippen LogP contribution in [0.25, 0.3) is 0 Å². The number of ether oxygens (including phenoxy) is 2. The van der Waals surface area contributed by atoms with Crippen LogP contribution in [0.2, 0.25) is 4.34 Å². The monoisotopic (exact) mass is 340 g/mol. The van der Waals surface area contributed by atoms with Crippen molar-refractivity contribution in [3.05, 3.63) is 39.5 Å². The number of halogens is 1. The fourth-order valence-electron chi connectivity index (χ4n) is 1.89. The third-order valence-electron chi connectivity index (χ3n) is 3.03. The maximum atomic E-state index is 12.1. The van der Waals surface area contributed by atoms with E-state index in [2.05, 4.69) is 10.6 Å². The molecule has 0 unspecified atom stereocenters. The Bertz CT molecular complexity index is 660. The van der Waals surface area contributed by atoms with Crippen molar-refractivity contribution >= 4 is 34.7 Å². The summed E-state index contributed by atoms with van der Waals surface area (Å²) in [5.74, 6) is 1.19. The topological polar surface area (TPSA) is 59.6 Å². The number of carbonyl (C=O) groups excluding carboxylic acids is 1. The molecule has 0 saturated carbocycles. The summed E-state index contributed by atoms with van der Waals surface area (Å²) < 4.78 is 11.1. The number of carbonyl (C=O) groups is 1. The Kier molecular flexibility index (Phi) is 5.51. The zero-order valence-corrected chi connectivity index (χ0v) is 14.0. The second-order valence-corrected chi connectivity index (χ2v) is 6.27. The van der Waals surface area contributed by atoms with Gasteiger partial charge in [0.05, 0.1) is 30.3 Å². The van der Waals surface area contributed by atoms with Crippen LogP contribution in [0.15, 0.2) is 30.3 Å². The Morgan fingerprint density at radius 3 is 2.59 bits per heavy atom. The Hall–Kier alpha value is -1.92. The third kappa shape index (κ3) is 4.05. The molecule has 1 aromatic heterocycles. The van der Waals surface area contributed by atoms with Gasteiger partial charge in [0.15, 0.2) is 0 Å². The molecule has 22 heavy (non-hydrogen) atoms. The summed E-state index contributed by atoms with van der Waals surface area (Å²) in [5, 5.41) is 5.61. The van der Waals surface area contributed by atoms with Crippen molar-refractivity contribution in [1.82, 2.24) is 5.32 Å². The molecule has 0 bridgehead atoms. The molecule has 0 aliphatic carbocycles. The van der Waals surface area contributed by atoms with Crippen LogP contribution in [-0.2, 0) is 0 Å². The zero-order chi connectivity index (χ0) is 16.1. The van der Waals surface area contributed by atoms with E-state index in [4.69, 9.17) is 21.1 Å². The summed E-state index contributed by atoms with van der Waals surface area (Å²) in [6.45, 7) is 1.90. The summed E-state index contributed by atoms with van der Waals surface area (Å²) in [7, 11) is 3.11. The Morgan fingerprint density at radius 1 is 1.23 bits per heavy atom. The molecule has 1 aromatic carbocycles. The first kappa shape index (κ1) is 16.5. The molecule has 0 fully saturated rings. The van der Waals surface area contributed by atoms with Crippen LogP contribution >= 0.6 is 22.9 Å². The average Bonchev–Trinajstić information content (AvgIpc) is 2.94. The predicted octanol–water partition coefficient (Wildman–Crippen LogP) is 4.30. The van der Waals surface area contributed by atoms with Gasteiger partial charge in [-0.3, -0.25) is 0 Å². The van der Waals surface area contributed by atoms with Gasteiger partial charge in [-0.15, -0.1) is 11.3 Å². The number of hydrogen-bond donors (Lipinski definition) is 2. The van der Waals surface area contributed by atoms with E-state index in [9.17, 15) is 4.79 Å². The van der Waals surface area contributed by atoms with Gasteiger partial charge < -0.3 is 20.1 Å². The normalized spacial score (nSPS) is 11.6. The first-order chi connectivity index (χ1) is 10.5. The first-order valence-corrected chi connectivity index (χ1v) is 7.77. The van der Waals surface area contributed by atoms with Gasteiger partial charge in [-0.1, -0.05) is 11.6 Å². The summed E-state index contributed by atoms with van der Waals surface area (Å²) in [6, 6.07) is 8.43. The lowest BCUT2D eigenvalue weighted by Crippen LogP contribution is -2.30. The molecule has 0 spiro atoms. The van der Waals surface area contributed by atoms with Crippen LogP contribution in [-0.4, -0.2) is 20.3 Å². The molecular weight excluding hydrogens is 324 g/mol. The van der Waals surface area contributed by atoms with Crippen LogP contribution in [0, 0.1) is 0 Å². The summed E-state index contributed by atoms with van der Waals surface area (Å²) >= 11 is 7.34. The number of nitrogens with one attached hydrogen (secondary N) is 2. The summed E-state index contributed by atoms with van der Waals surface area (Å²) in [4.78, 5) is 13.1. The number of thiophene rings is 1. The smallest absolute Gasteiger partial charge is 0.319 e. The van der Waals surface area contributed by atoms with Crippen molar-refractivity contribution in [2.75, 3.05) is 19.5 Å². The van der Waals surface area contributed by atoms with E-state index in [1.807, 2.05) is 19.1 Å². The predicted molar refractivity (Wildman–Crippen MR) is 89.4 cm³/mol. The quantitative estimate of drug-likeness (QED) is 0.853. The molecule has 1 atom stereocenters. The van der Waals surface area contributed by atoms with E-state index < -0.39 is 0 Å². The van der Waals surface area contributed by atoms with Gasteiger partial charge in [-0.2, -0.15) is 0 Å². The molecular formula is C15H17ClN2O3S. The van der Waals surface area contributed by atoms with Crippen molar-refractivity contribution in [2.45, 2.75) is 13.0 Å². The Balaban J connectivity index is 2.02. The standard InChI is InChI=1S/C15H17ClN2O3S/c1-9(13-6-7-14(16)22-13)17-15(19)18-11-5-4-10(20-2)8-12(11)21-3/h4-9H,1-3H3,(H2,17,18,19)/t9-/m1/s1. The maximum Gasteiger partial charge on any atom is 0.319 e. The van der Waals surface area contributed by atoms with Crippen molar-refractivity contribution in [2.24, 2.45) is 0 Å². The van der Waals surface area contributed by atoms with Gasteiger partial charge in [0.25, 0.3) is 0 Å². The van der Waals surface area contributed by atoms with Crippen LogP contribution < -0.4 is 20.1 Å². The lowest BCUT2D eigenvalue weighted by molar-refractivity contribution is 0.249. The molecule has 0 radical (unpaired) electrons. The average molecular weight is 341 g/mol. The van der Waals surface area contributed by atoms with Crippen molar-refractivity contribution in [3.63, 3.8) is 0 Å². The lowest BCUT2D eigenvalue weighted by Gasteiger charge is -2.15. The second kappa shape index (κ2) is 7.38. The van der Waals surface area contributed by atoms with Crippen LogP contribution in [0.3, 0.4) is 0 Å². The van der Waals surface area contributed by atoms with E-state index in [0.717, 1.165) is 4.88 Å². The highest BCUT2D eigenvalue weighted by Gasteiger charge is 2.13. The highest BCUT2D eigenvalue weighted by molar-refractivity contribution is 7.16. The molecule has 5 nitrogen and oxygen atoms in total. The zero-order valence-electron chi connectivity index (χ0n) is 12.5. The molecule has 0 aliphatic heterocycles. The molecule has 7 heteroatoms. The van der Waals surface area contributed by atoms with Gasteiger partial charge in [0, 0.05) is 10.9 Å². The fourth-order valence-corrected chi connectivity index (χ4v) is 2.95. The highest BCUT2D eigenvalue weighted by atomic mass is 35.5. The van der Waals surface area contributed by atoms with Gasteiger partial charge in [0.1, 0.15) is 11.5 Å². The number of rotatable bonds is 5. The van der Waals surface area contributed by atoms with Crippen LogP contribution in [0.1, 0.15) is 17.8 Å². The van der Waals surface area contributed by atoms with E-state index >= 15 is 0 Å². The fraction of sp³-hybridized carbons (Fsp3) is 0.267. The van der Waals surface area contributed by atoms with Crippen LogP contribution in [0.5, 0.6) is 11.5 Å². The molecule has 2 rings (SSSR count). The second-order valence-electron chi connectivity index (χ2n) is 4.53. The SMILES string of the molecule is COc1ccc(NC(=O)N[C@H](C)c2ccc(Cl)s2)c(OC)c1. The number of amides is 2. The lowest BCUT2D eigenvalue weighted by atomic mass is 10.2. The van der Waals surface area contributed by atoms with Crippen molar-refractivity contribution < 1.29 is 14.3 Å². The molecule has 2 N–H and O–H groups in total. The third-order valence-corrected chi connectivity index (χ3v) is 4.44. The minimum Gasteiger partial charge on any atom is -0.497 e. The number of hydrogen-bond acceptors (Lipinski definition) is 4. The number of benzene rings is 1. The van der Waals surface area contributed by atoms with Crippen molar-refractivity contribution in [3.8, 4) is 11.5 Å².